The molecule has 0 spiro atoms. The maximum atomic E-state index is 14.9. The van der Waals surface area contributed by atoms with Crippen molar-refractivity contribution in [3.63, 3.8) is 0 Å². The number of aliphatic carboxylic acids is 1. The lowest BCUT2D eigenvalue weighted by Gasteiger charge is -2.37. The van der Waals surface area contributed by atoms with Gasteiger partial charge in [0, 0.05) is 36.4 Å². The predicted molar refractivity (Wildman–Crippen MR) is 106 cm³/mol. The van der Waals surface area contributed by atoms with Crippen LogP contribution in [0.3, 0.4) is 0 Å². The van der Waals surface area contributed by atoms with Crippen molar-refractivity contribution in [3.8, 4) is 5.75 Å². The third-order valence-electron chi connectivity index (χ3n) is 6.98. The van der Waals surface area contributed by atoms with Gasteiger partial charge in [0.05, 0.1) is 6.61 Å². The first kappa shape index (κ1) is 21.5. The molecule has 4 rings (SSSR count). The number of likely N-dealkylation sites (tertiary alicyclic amines) is 1. The van der Waals surface area contributed by atoms with Crippen molar-refractivity contribution in [1.29, 1.82) is 0 Å². The number of hydrogen-bond acceptors (Lipinski definition) is 3. The van der Waals surface area contributed by atoms with Crippen LogP contribution in [-0.4, -0.2) is 41.1 Å². The van der Waals surface area contributed by atoms with E-state index in [0.717, 1.165) is 24.8 Å². The molecule has 1 heterocycles. The number of carboxylic acids is 1. The molecule has 2 saturated carbocycles. The lowest BCUT2D eigenvalue weighted by molar-refractivity contribution is -0.142. The van der Waals surface area contributed by atoms with Gasteiger partial charge >= 0.3 is 5.97 Å². The Hall–Kier alpha value is -1.76. The van der Waals surface area contributed by atoms with Crippen molar-refractivity contribution in [2.45, 2.75) is 82.7 Å². The molecule has 0 aromatic heterocycles. The van der Waals surface area contributed by atoms with Crippen LogP contribution >= 0.6 is 0 Å². The van der Waals surface area contributed by atoms with Gasteiger partial charge in [-0.05, 0) is 62.6 Å². The van der Waals surface area contributed by atoms with Crippen LogP contribution in [0.1, 0.15) is 75.3 Å². The van der Waals surface area contributed by atoms with Gasteiger partial charge in [-0.1, -0.05) is 6.92 Å². The van der Waals surface area contributed by atoms with Gasteiger partial charge in [-0.2, -0.15) is 0 Å². The zero-order valence-electron chi connectivity index (χ0n) is 17.4. The van der Waals surface area contributed by atoms with Gasteiger partial charge < -0.3 is 9.84 Å². The molecule has 4 nitrogen and oxygen atoms in total. The molecule has 1 saturated heterocycles. The Morgan fingerprint density at radius 3 is 2.53 bits per heavy atom. The third kappa shape index (κ3) is 4.76. The first-order chi connectivity index (χ1) is 14.2. The fourth-order valence-corrected chi connectivity index (χ4v) is 4.71. The Labute approximate surface area is 175 Å². The Morgan fingerprint density at radius 2 is 1.90 bits per heavy atom. The molecule has 1 aromatic rings. The van der Waals surface area contributed by atoms with Crippen LogP contribution in [-0.2, 0) is 11.3 Å². The standard InChI is InChI=1S/C23H30F3NO3/c1-22(6-8-23(25,26)9-7-22)14-30-20-12-18(24)16(11-17(20)15-4-5-15)13-27-10-2-3-19(27)21(28)29/h11-12,15,19H,2-10,13-14H2,1H3,(H,28,29)/t19-/m0/s1. The summed E-state index contributed by atoms with van der Waals surface area (Å²) in [7, 11) is 0. The number of carboxylic acid groups (broad SMARTS) is 1. The van der Waals surface area contributed by atoms with Crippen molar-refractivity contribution in [3.05, 3.63) is 29.1 Å². The zero-order valence-corrected chi connectivity index (χ0v) is 17.4. The Morgan fingerprint density at radius 1 is 1.20 bits per heavy atom. The average molecular weight is 425 g/mol. The summed E-state index contributed by atoms with van der Waals surface area (Å²) in [5.41, 5.74) is 1.13. The zero-order chi connectivity index (χ0) is 21.5. The second kappa shape index (κ2) is 8.06. The number of rotatable bonds is 7. The van der Waals surface area contributed by atoms with Crippen LogP contribution in [0.25, 0.3) is 0 Å². The van der Waals surface area contributed by atoms with E-state index in [1.54, 1.807) is 0 Å². The van der Waals surface area contributed by atoms with Gasteiger partial charge in [0.2, 0.25) is 5.92 Å². The fourth-order valence-electron chi connectivity index (χ4n) is 4.71. The molecular weight excluding hydrogens is 395 g/mol. The molecule has 0 radical (unpaired) electrons. The van der Waals surface area contributed by atoms with Gasteiger partial charge in [-0.15, -0.1) is 0 Å². The van der Waals surface area contributed by atoms with Crippen LogP contribution in [0.5, 0.6) is 5.75 Å². The molecule has 3 fully saturated rings. The number of alkyl halides is 2. The van der Waals surface area contributed by atoms with E-state index in [4.69, 9.17) is 4.74 Å². The summed E-state index contributed by atoms with van der Waals surface area (Å²) >= 11 is 0. The summed E-state index contributed by atoms with van der Waals surface area (Å²) < 4.78 is 47.9. The maximum Gasteiger partial charge on any atom is 0.320 e. The monoisotopic (exact) mass is 425 g/mol. The van der Waals surface area contributed by atoms with Gasteiger partial charge in [0.25, 0.3) is 0 Å². The van der Waals surface area contributed by atoms with Crippen LogP contribution in [0.2, 0.25) is 0 Å². The van der Waals surface area contributed by atoms with Crippen molar-refractivity contribution in [2.75, 3.05) is 13.2 Å². The quantitative estimate of drug-likeness (QED) is 0.640. The molecule has 0 bridgehead atoms. The minimum atomic E-state index is -2.59. The van der Waals surface area contributed by atoms with Gasteiger partial charge in [-0.3, -0.25) is 9.69 Å². The highest BCUT2D eigenvalue weighted by Gasteiger charge is 2.41. The first-order valence-electron chi connectivity index (χ1n) is 11.0. The largest absolute Gasteiger partial charge is 0.493 e. The second-order valence-corrected chi connectivity index (χ2v) is 9.68. The molecule has 7 heteroatoms. The third-order valence-corrected chi connectivity index (χ3v) is 6.98. The summed E-state index contributed by atoms with van der Waals surface area (Å²) in [5, 5.41) is 9.38. The molecule has 3 aliphatic rings. The van der Waals surface area contributed by atoms with E-state index in [9.17, 15) is 23.1 Å². The Bertz CT molecular complexity index is 799. The Kier molecular flexibility index (Phi) is 5.77. The minimum absolute atomic E-state index is 0.129. The van der Waals surface area contributed by atoms with Gasteiger partial charge in [0.15, 0.2) is 0 Å². The number of ether oxygens (including phenoxy) is 1. The summed E-state index contributed by atoms with van der Waals surface area (Å²) in [5.74, 6) is -3.01. The topological polar surface area (TPSA) is 49.8 Å². The number of benzene rings is 1. The summed E-state index contributed by atoms with van der Waals surface area (Å²) in [6.07, 6.45) is 3.96. The predicted octanol–water partition coefficient (Wildman–Crippen LogP) is 5.35. The summed E-state index contributed by atoms with van der Waals surface area (Å²) in [6, 6.07) is 2.68. The molecule has 1 atom stereocenters. The highest BCUT2D eigenvalue weighted by Crippen LogP contribution is 2.47. The van der Waals surface area contributed by atoms with Crippen molar-refractivity contribution >= 4 is 5.97 Å². The van der Waals surface area contributed by atoms with Gasteiger partial charge in [-0.25, -0.2) is 13.2 Å². The smallest absolute Gasteiger partial charge is 0.320 e. The molecular formula is C23H30F3NO3. The van der Waals surface area contributed by atoms with E-state index in [0.29, 0.717) is 49.6 Å². The van der Waals surface area contributed by atoms with Crippen molar-refractivity contribution in [2.24, 2.45) is 5.41 Å². The van der Waals surface area contributed by atoms with E-state index in [1.807, 2.05) is 17.9 Å². The summed E-state index contributed by atoms with van der Waals surface area (Å²) in [6.45, 7) is 3.18. The number of hydrogen-bond donors (Lipinski definition) is 1. The van der Waals surface area contributed by atoms with E-state index in [1.165, 1.54) is 6.07 Å². The Balaban J connectivity index is 1.48. The average Bonchev–Trinajstić information content (AvgIpc) is 3.42. The van der Waals surface area contributed by atoms with E-state index in [2.05, 4.69) is 0 Å². The SMILES string of the molecule is CC1(COc2cc(F)c(CN3CCC[C@H]3C(=O)O)cc2C2CC2)CCC(F)(F)CC1. The van der Waals surface area contributed by atoms with Crippen LogP contribution in [0, 0.1) is 11.2 Å². The molecule has 2 aliphatic carbocycles. The van der Waals surface area contributed by atoms with Crippen LogP contribution in [0.4, 0.5) is 13.2 Å². The van der Waals surface area contributed by atoms with Crippen molar-refractivity contribution < 1.29 is 27.8 Å². The highest BCUT2D eigenvalue weighted by atomic mass is 19.3. The highest BCUT2D eigenvalue weighted by molar-refractivity contribution is 5.73. The van der Waals surface area contributed by atoms with Crippen LogP contribution < -0.4 is 4.74 Å². The first-order valence-corrected chi connectivity index (χ1v) is 11.0. The molecule has 30 heavy (non-hydrogen) atoms. The number of halogens is 3. The normalized spacial score (nSPS) is 25.9. The van der Waals surface area contributed by atoms with E-state index < -0.39 is 23.8 Å². The lowest BCUT2D eigenvalue weighted by Crippen LogP contribution is -2.35. The van der Waals surface area contributed by atoms with Crippen molar-refractivity contribution in [1.82, 2.24) is 4.90 Å². The second-order valence-electron chi connectivity index (χ2n) is 9.68. The maximum absolute atomic E-state index is 14.9. The van der Waals surface area contributed by atoms with Gasteiger partial charge in [0.1, 0.15) is 17.6 Å². The molecule has 1 N–H and O–H groups in total. The molecule has 1 aromatic carbocycles. The fraction of sp³-hybridized carbons (Fsp3) is 0.696. The molecule has 0 amide bonds. The minimum Gasteiger partial charge on any atom is -0.493 e. The number of nitrogens with zero attached hydrogens (tertiary/aromatic N) is 1. The molecule has 166 valence electrons. The number of carbonyl (C=O) groups is 1. The van der Waals surface area contributed by atoms with E-state index >= 15 is 0 Å². The molecule has 0 unspecified atom stereocenters. The summed E-state index contributed by atoms with van der Waals surface area (Å²) in [4.78, 5) is 13.3. The lowest BCUT2D eigenvalue weighted by atomic mass is 9.75. The van der Waals surface area contributed by atoms with E-state index in [-0.39, 0.29) is 24.8 Å². The van der Waals surface area contributed by atoms with Crippen LogP contribution in [0.15, 0.2) is 12.1 Å². The molecule has 1 aliphatic heterocycles.